The lowest BCUT2D eigenvalue weighted by atomic mass is 9.62. The Morgan fingerprint density at radius 1 is 1.14 bits per heavy atom. The predicted molar refractivity (Wildman–Crippen MR) is 113 cm³/mol. The number of para-hydroxylation sites is 1. The van der Waals surface area contributed by atoms with Crippen LogP contribution in [0.1, 0.15) is 33.1 Å². The first-order valence-electron chi connectivity index (χ1n) is 11.4. The van der Waals surface area contributed by atoms with Crippen molar-refractivity contribution in [3.63, 3.8) is 0 Å². The Kier molecular flexibility index (Phi) is 4.87. The van der Waals surface area contributed by atoms with E-state index in [1.54, 1.807) is 9.80 Å². The average molecular weight is 395 g/mol. The van der Waals surface area contributed by atoms with Gasteiger partial charge in [0.2, 0.25) is 0 Å². The smallest absolute Gasteiger partial charge is 0.315 e. The van der Waals surface area contributed by atoms with E-state index in [1.165, 1.54) is 23.3 Å². The largest absolute Gasteiger partial charge is 0.461 e. The number of allylic oxidation sites excluding steroid dienone is 3. The van der Waals surface area contributed by atoms with Gasteiger partial charge in [0.15, 0.2) is 0 Å². The molecule has 2 aliphatic heterocycles. The van der Waals surface area contributed by atoms with Crippen molar-refractivity contribution in [2.45, 2.75) is 39.2 Å². The van der Waals surface area contributed by atoms with E-state index >= 15 is 0 Å². The molecule has 4 nitrogen and oxygen atoms in total. The van der Waals surface area contributed by atoms with Gasteiger partial charge < -0.3 is 9.64 Å². The highest BCUT2D eigenvalue weighted by molar-refractivity contribution is 5.76. The summed E-state index contributed by atoms with van der Waals surface area (Å²) in [5.41, 5.74) is 4.49. The number of fused-ring (bicyclic) bond motifs is 2. The van der Waals surface area contributed by atoms with Gasteiger partial charge in [-0.05, 0) is 49.3 Å². The molecule has 4 heteroatoms. The number of esters is 1. The topological polar surface area (TPSA) is 35.2 Å². The van der Waals surface area contributed by atoms with Crippen LogP contribution in [-0.2, 0) is 9.53 Å². The number of benzene rings is 1. The van der Waals surface area contributed by atoms with E-state index in [4.69, 9.17) is 4.74 Å². The second-order valence-electron chi connectivity index (χ2n) is 9.85. The minimum atomic E-state index is 0.0278. The first kappa shape index (κ1) is 19.1. The van der Waals surface area contributed by atoms with Crippen LogP contribution in [0, 0.1) is 17.3 Å². The molecule has 0 bridgehead atoms. The SMILES string of the molecule is CC1=CCC[C@]2(C)C[C@H]3OC(=O)[C@H](C[NH+]4CC[NH+](c5ccccc5)CC4)[C@H]3C=C12. The Morgan fingerprint density at radius 2 is 1.90 bits per heavy atom. The summed E-state index contributed by atoms with van der Waals surface area (Å²) in [5, 5.41) is 0. The molecule has 0 radical (unpaired) electrons. The number of ether oxygens (including phenoxy) is 1. The molecule has 0 saturated carbocycles. The van der Waals surface area contributed by atoms with Crippen LogP contribution in [0.4, 0.5) is 5.69 Å². The van der Waals surface area contributed by atoms with Crippen LogP contribution in [0.2, 0.25) is 0 Å². The van der Waals surface area contributed by atoms with Crippen molar-refractivity contribution >= 4 is 11.7 Å². The van der Waals surface area contributed by atoms with Crippen molar-refractivity contribution in [2.24, 2.45) is 17.3 Å². The lowest BCUT2D eigenvalue weighted by molar-refractivity contribution is -0.987. The van der Waals surface area contributed by atoms with Crippen LogP contribution in [0.25, 0.3) is 0 Å². The standard InChI is InChI=1S/C25H32N2O2/c1-18-7-6-10-25(2)16-23-20(15-22(18)25)21(24(28)29-23)17-26-11-13-27(14-12-26)19-8-4-3-5-9-19/h3-5,7-9,15,20-21,23H,6,10-14,16-17H2,1-2H3/p+2/t20-,21-,23-,25-/m1/s1. The van der Waals surface area contributed by atoms with Gasteiger partial charge in [-0.3, -0.25) is 9.69 Å². The van der Waals surface area contributed by atoms with Crippen molar-refractivity contribution in [3.8, 4) is 0 Å². The fourth-order valence-electron chi connectivity index (χ4n) is 6.24. The van der Waals surface area contributed by atoms with Gasteiger partial charge in [-0.25, -0.2) is 0 Å². The molecular formula is C25H34N2O2+2. The minimum absolute atomic E-state index is 0.0278. The van der Waals surface area contributed by atoms with E-state index in [0.29, 0.717) is 0 Å². The lowest BCUT2D eigenvalue weighted by Crippen LogP contribution is -3.26. The van der Waals surface area contributed by atoms with Gasteiger partial charge in [-0.2, -0.15) is 0 Å². The van der Waals surface area contributed by atoms with Crippen molar-refractivity contribution in [1.82, 2.24) is 0 Å². The molecule has 2 aliphatic carbocycles. The van der Waals surface area contributed by atoms with E-state index in [0.717, 1.165) is 45.6 Å². The first-order valence-corrected chi connectivity index (χ1v) is 11.4. The maximum atomic E-state index is 12.8. The molecular weight excluding hydrogens is 360 g/mol. The van der Waals surface area contributed by atoms with Gasteiger partial charge in [0.25, 0.3) is 0 Å². The van der Waals surface area contributed by atoms with Gasteiger partial charge in [-0.15, -0.1) is 0 Å². The summed E-state index contributed by atoms with van der Waals surface area (Å²) in [5.74, 6) is 0.338. The predicted octanol–water partition coefficient (Wildman–Crippen LogP) is 1.34. The first-order chi connectivity index (χ1) is 14.0. The molecule has 4 atom stereocenters. The molecule has 2 fully saturated rings. The number of nitrogens with one attached hydrogen (secondary N) is 2. The van der Waals surface area contributed by atoms with Crippen molar-refractivity contribution in [3.05, 3.63) is 53.6 Å². The molecule has 0 spiro atoms. The maximum Gasteiger partial charge on any atom is 0.315 e. The number of piperazine rings is 1. The van der Waals surface area contributed by atoms with Gasteiger partial charge >= 0.3 is 5.97 Å². The van der Waals surface area contributed by atoms with Crippen LogP contribution in [0.5, 0.6) is 0 Å². The number of carbonyl (C=O) groups excluding carboxylic acids is 1. The van der Waals surface area contributed by atoms with Crippen LogP contribution < -0.4 is 9.80 Å². The second kappa shape index (κ2) is 7.41. The number of hydrogen-bond donors (Lipinski definition) is 2. The Bertz CT molecular complexity index is 838. The molecule has 1 aromatic carbocycles. The van der Waals surface area contributed by atoms with Gasteiger partial charge in [0.1, 0.15) is 43.9 Å². The quantitative estimate of drug-likeness (QED) is 0.759. The molecule has 4 aliphatic rings. The van der Waals surface area contributed by atoms with E-state index in [2.05, 4.69) is 56.3 Å². The third-order valence-corrected chi connectivity index (χ3v) is 7.95. The zero-order chi connectivity index (χ0) is 20.0. The maximum absolute atomic E-state index is 12.8. The third kappa shape index (κ3) is 3.47. The third-order valence-electron chi connectivity index (χ3n) is 7.95. The molecule has 154 valence electrons. The van der Waals surface area contributed by atoms with E-state index < -0.39 is 0 Å². The number of carbonyl (C=O) groups is 1. The molecule has 0 aromatic heterocycles. The Hall–Kier alpha value is -1.91. The van der Waals surface area contributed by atoms with Crippen LogP contribution >= 0.6 is 0 Å². The zero-order valence-electron chi connectivity index (χ0n) is 17.7. The monoisotopic (exact) mass is 394 g/mol. The molecule has 0 amide bonds. The van der Waals surface area contributed by atoms with Crippen LogP contribution in [0.3, 0.4) is 0 Å². The van der Waals surface area contributed by atoms with Crippen LogP contribution in [0.15, 0.2) is 53.6 Å². The molecule has 2 saturated heterocycles. The average Bonchev–Trinajstić information content (AvgIpc) is 3.01. The summed E-state index contributed by atoms with van der Waals surface area (Å²) in [6, 6.07) is 10.8. The summed E-state index contributed by atoms with van der Waals surface area (Å²) < 4.78 is 5.94. The normalized spacial score (nSPS) is 39.1. The molecule has 5 rings (SSSR count). The molecule has 2 N–H and O–H groups in total. The second-order valence-corrected chi connectivity index (χ2v) is 9.85. The number of rotatable bonds is 3. The minimum Gasteiger partial charge on any atom is -0.461 e. The Labute approximate surface area is 174 Å². The summed E-state index contributed by atoms with van der Waals surface area (Å²) in [7, 11) is 0. The number of quaternary nitrogens is 2. The summed E-state index contributed by atoms with van der Waals surface area (Å²) >= 11 is 0. The Balaban J connectivity index is 1.28. The van der Waals surface area contributed by atoms with E-state index in [9.17, 15) is 4.79 Å². The van der Waals surface area contributed by atoms with Crippen molar-refractivity contribution < 1.29 is 19.3 Å². The molecule has 29 heavy (non-hydrogen) atoms. The van der Waals surface area contributed by atoms with Gasteiger partial charge in [0.05, 0.1) is 6.54 Å². The van der Waals surface area contributed by atoms with Gasteiger partial charge in [0, 0.05) is 5.92 Å². The number of hydrogen-bond acceptors (Lipinski definition) is 2. The summed E-state index contributed by atoms with van der Waals surface area (Å²) in [6.45, 7) is 10.0. The highest BCUT2D eigenvalue weighted by Gasteiger charge is 2.52. The summed E-state index contributed by atoms with van der Waals surface area (Å²) in [6.07, 6.45) is 8.21. The molecule has 0 unspecified atom stereocenters. The highest BCUT2D eigenvalue weighted by Crippen LogP contribution is 2.52. The molecule has 2 heterocycles. The molecule has 1 aromatic rings. The highest BCUT2D eigenvalue weighted by atomic mass is 16.6. The van der Waals surface area contributed by atoms with Gasteiger partial charge in [-0.1, -0.05) is 42.8 Å². The van der Waals surface area contributed by atoms with E-state index in [1.807, 2.05) is 0 Å². The lowest BCUT2D eigenvalue weighted by Gasteiger charge is -2.43. The van der Waals surface area contributed by atoms with Crippen LogP contribution in [-0.4, -0.2) is 44.8 Å². The zero-order valence-corrected chi connectivity index (χ0v) is 17.7. The van der Waals surface area contributed by atoms with E-state index in [-0.39, 0.29) is 29.3 Å². The summed E-state index contributed by atoms with van der Waals surface area (Å²) in [4.78, 5) is 15.9. The fraction of sp³-hybridized carbons (Fsp3) is 0.560. The Morgan fingerprint density at radius 3 is 2.66 bits per heavy atom. The fourth-order valence-corrected chi connectivity index (χ4v) is 6.24. The van der Waals surface area contributed by atoms with Crippen molar-refractivity contribution in [1.29, 1.82) is 0 Å². The van der Waals surface area contributed by atoms with Crippen molar-refractivity contribution in [2.75, 3.05) is 32.7 Å².